The summed E-state index contributed by atoms with van der Waals surface area (Å²) in [5, 5.41) is 3.49. The van der Waals surface area contributed by atoms with Crippen LogP contribution in [0.4, 0.5) is 17.1 Å². The van der Waals surface area contributed by atoms with Gasteiger partial charge in [0.15, 0.2) is 0 Å². The average Bonchev–Trinajstić information content (AvgIpc) is 3.65. The molecule has 0 N–H and O–H groups in total. The van der Waals surface area contributed by atoms with E-state index < -0.39 is 0 Å². The molecule has 7 aromatic carbocycles. The molecule has 0 saturated heterocycles. The van der Waals surface area contributed by atoms with Crippen LogP contribution in [0.2, 0.25) is 0 Å². The van der Waals surface area contributed by atoms with E-state index in [-0.39, 0.29) is 5.41 Å². The summed E-state index contributed by atoms with van der Waals surface area (Å²) in [6, 6.07) is 57.1. The first-order chi connectivity index (χ1) is 23.0. The maximum Gasteiger partial charge on any atom is 0.124 e. The summed E-state index contributed by atoms with van der Waals surface area (Å²) in [6.45, 7) is 4.69. The van der Waals surface area contributed by atoms with E-state index in [1.54, 1.807) is 11.3 Å². The zero-order valence-electron chi connectivity index (χ0n) is 26.3. The molecule has 0 atom stereocenters. The molecule has 0 unspecified atom stereocenters. The Labute approximate surface area is 279 Å². The predicted molar refractivity (Wildman–Crippen MR) is 200 cm³/mol. The Hall–Kier alpha value is -5.51. The van der Waals surface area contributed by atoms with Gasteiger partial charge in [0.2, 0.25) is 0 Å². The molecule has 0 bridgehead atoms. The summed E-state index contributed by atoms with van der Waals surface area (Å²) < 4.78 is 1.18. The van der Waals surface area contributed by atoms with Crippen LogP contribution >= 0.6 is 11.3 Å². The first-order valence-electron chi connectivity index (χ1n) is 16.1. The molecule has 47 heavy (non-hydrogen) atoms. The van der Waals surface area contributed by atoms with Gasteiger partial charge in [0.05, 0.1) is 10.2 Å². The third kappa shape index (κ3) is 4.66. The smallest absolute Gasteiger partial charge is 0.124 e. The van der Waals surface area contributed by atoms with E-state index in [0.717, 1.165) is 33.1 Å². The number of thiazole rings is 1. The number of nitrogens with zero attached hydrogens (tertiary/aromatic N) is 2. The Morgan fingerprint density at radius 3 is 1.96 bits per heavy atom. The van der Waals surface area contributed by atoms with Crippen LogP contribution in [0.1, 0.15) is 25.0 Å². The predicted octanol–water partition coefficient (Wildman–Crippen LogP) is 12.6. The van der Waals surface area contributed by atoms with Gasteiger partial charge in [-0.1, -0.05) is 129 Å². The van der Waals surface area contributed by atoms with Crippen molar-refractivity contribution in [3.8, 4) is 32.8 Å². The van der Waals surface area contributed by atoms with Gasteiger partial charge in [0.1, 0.15) is 5.01 Å². The summed E-state index contributed by atoms with van der Waals surface area (Å²) in [7, 11) is 0. The Bertz CT molecular complexity index is 2440. The van der Waals surface area contributed by atoms with E-state index in [9.17, 15) is 0 Å². The van der Waals surface area contributed by atoms with Crippen LogP contribution < -0.4 is 4.90 Å². The van der Waals surface area contributed by atoms with Crippen molar-refractivity contribution in [2.75, 3.05) is 4.90 Å². The number of rotatable bonds is 5. The van der Waals surface area contributed by atoms with Crippen molar-refractivity contribution in [2.24, 2.45) is 0 Å². The second-order valence-electron chi connectivity index (χ2n) is 12.9. The van der Waals surface area contributed by atoms with Crippen molar-refractivity contribution >= 4 is 49.4 Å². The summed E-state index contributed by atoms with van der Waals surface area (Å²) in [6.07, 6.45) is 0. The third-order valence-corrected chi connectivity index (χ3v) is 10.8. The van der Waals surface area contributed by atoms with Gasteiger partial charge in [-0.15, -0.1) is 11.3 Å². The molecule has 8 aromatic rings. The zero-order valence-corrected chi connectivity index (χ0v) is 27.1. The van der Waals surface area contributed by atoms with E-state index >= 15 is 0 Å². The maximum absolute atomic E-state index is 5.17. The topological polar surface area (TPSA) is 16.1 Å². The van der Waals surface area contributed by atoms with Gasteiger partial charge >= 0.3 is 0 Å². The standard InChI is InChI=1S/C44H32N2S/c1-44(2)39-15-9-8-14-37(39)38-24-22-35(27-40(38)44)46(34-21-20-30-12-6-7-13-33(30)26-34)36-23-25-42-41(28-36)45-43(47-42)32-18-16-31(17-19-32)29-10-4-3-5-11-29/h3-28H,1-2H3. The van der Waals surface area contributed by atoms with Gasteiger partial charge in [-0.2, -0.15) is 0 Å². The maximum atomic E-state index is 5.17. The minimum Gasteiger partial charge on any atom is -0.310 e. The molecule has 1 heterocycles. The Balaban J connectivity index is 1.15. The van der Waals surface area contributed by atoms with Gasteiger partial charge < -0.3 is 4.90 Å². The van der Waals surface area contributed by atoms with Crippen molar-refractivity contribution in [1.82, 2.24) is 4.98 Å². The second-order valence-corrected chi connectivity index (χ2v) is 13.9. The van der Waals surface area contributed by atoms with Gasteiger partial charge in [0.25, 0.3) is 0 Å². The van der Waals surface area contributed by atoms with Crippen molar-refractivity contribution in [1.29, 1.82) is 0 Å². The molecule has 9 rings (SSSR count). The molecular weight excluding hydrogens is 589 g/mol. The van der Waals surface area contributed by atoms with Crippen LogP contribution in [0.25, 0.3) is 53.8 Å². The number of hydrogen-bond donors (Lipinski definition) is 0. The molecule has 0 radical (unpaired) electrons. The van der Waals surface area contributed by atoms with Gasteiger partial charge in [-0.25, -0.2) is 4.98 Å². The average molecular weight is 621 g/mol. The normalized spacial score (nSPS) is 13.1. The molecule has 0 saturated carbocycles. The molecule has 3 heteroatoms. The lowest BCUT2D eigenvalue weighted by Gasteiger charge is -2.28. The molecule has 1 aliphatic carbocycles. The SMILES string of the molecule is CC1(C)c2ccccc2-c2ccc(N(c3ccc4ccccc4c3)c3ccc4sc(-c5ccc(-c6ccccc6)cc5)nc4c3)cc21. The van der Waals surface area contributed by atoms with Crippen molar-refractivity contribution in [3.63, 3.8) is 0 Å². The summed E-state index contributed by atoms with van der Waals surface area (Å²) >= 11 is 1.75. The third-order valence-electron chi connectivity index (χ3n) is 9.68. The van der Waals surface area contributed by atoms with Gasteiger partial charge in [0, 0.05) is 28.0 Å². The quantitative estimate of drug-likeness (QED) is 0.190. The van der Waals surface area contributed by atoms with E-state index in [2.05, 4.69) is 176 Å². The highest BCUT2D eigenvalue weighted by Gasteiger charge is 2.35. The molecule has 1 aliphatic rings. The van der Waals surface area contributed by atoms with Crippen molar-refractivity contribution in [3.05, 3.63) is 169 Å². The number of fused-ring (bicyclic) bond motifs is 5. The monoisotopic (exact) mass is 620 g/mol. The van der Waals surface area contributed by atoms with Crippen molar-refractivity contribution < 1.29 is 0 Å². The number of benzene rings is 7. The van der Waals surface area contributed by atoms with Crippen LogP contribution in [0.15, 0.2) is 158 Å². The van der Waals surface area contributed by atoms with E-state index in [0.29, 0.717) is 0 Å². The zero-order chi connectivity index (χ0) is 31.5. The Kier molecular flexibility index (Phi) is 6.38. The summed E-state index contributed by atoms with van der Waals surface area (Å²) in [4.78, 5) is 7.55. The fourth-order valence-electron chi connectivity index (χ4n) is 7.21. The second kappa shape index (κ2) is 10.8. The van der Waals surface area contributed by atoms with Crippen LogP contribution in [0.5, 0.6) is 0 Å². The molecular formula is C44H32N2S. The minimum atomic E-state index is -0.0825. The molecule has 224 valence electrons. The summed E-state index contributed by atoms with van der Waals surface area (Å²) in [5.74, 6) is 0. The number of aromatic nitrogens is 1. The number of hydrogen-bond acceptors (Lipinski definition) is 3. The van der Waals surface area contributed by atoms with E-state index in [4.69, 9.17) is 4.98 Å². The van der Waals surface area contributed by atoms with Crippen LogP contribution in [0, 0.1) is 0 Å². The lowest BCUT2D eigenvalue weighted by molar-refractivity contribution is 0.660. The largest absolute Gasteiger partial charge is 0.310 e. The highest BCUT2D eigenvalue weighted by atomic mass is 32.1. The van der Waals surface area contributed by atoms with Crippen LogP contribution in [0.3, 0.4) is 0 Å². The Morgan fingerprint density at radius 1 is 0.489 bits per heavy atom. The number of anilines is 3. The first-order valence-corrected chi connectivity index (χ1v) is 16.9. The molecule has 0 spiro atoms. The molecule has 1 aromatic heterocycles. The summed E-state index contributed by atoms with van der Waals surface area (Å²) in [5.41, 5.74) is 13.3. The molecule has 0 fully saturated rings. The highest BCUT2D eigenvalue weighted by molar-refractivity contribution is 7.21. The van der Waals surface area contributed by atoms with Crippen LogP contribution in [-0.4, -0.2) is 4.98 Å². The lowest BCUT2D eigenvalue weighted by atomic mass is 9.82. The highest BCUT2D eigenvalue weighted by Crippen LogP contribution is 2.51. The van der Waals surface area contributed by atoms with Gasteiger partial charge in [-0.3, -0.25) is 0 Å². The molecule has 0 amide bonds. The fraction of sp³-hybridized carbons (Fsp3) is 0.0682. The molecule has 0 aliphatic heterocycles. The van der Waals surface area contributed by atoms with E-state index in [1.807, 2.05) is 0 Å². The lowest BCUT2D eigenvalue weighted by Crippen LogP contribution is -2.16. The molecule has 2 nitrogen and oxygen atoms in total. The van der Waals surface area contributed by atoms with E-state index in [1.165, 1.54) is 48.9 Å². The van der Waals surface area contributed by atoms with Crippen molar-refractivity contribution in [2.45, 2.75) is 19.3 Å². The van der Waals surface area contributed by atoms with Gasteiger partial charge in [-0.05, 0) is 86.6 Å². The first kappa shape index (κ1) is 27.8. The fourth-order valence-corrected chi connectivity index (χ4v) is 8.16. The Morgan fingerprint density at radius 2 is 1.11 bits per heavy atom. The van der Waals surface area contributed by atoms with Crippen LogP contribution in [-0.2, 0) is 5.41 Å². The minimum absolute atomic E-state index is 0.0825.